The second kappa shape index (κ2) is 9.80. The topological polar surface area (TPSA) is 107 Å². The van der Waals surface area contributed by atoms with Crippen molar-refractivity contribution in [1.29, 1.82) is 0 Å². The monoisotopic (exact) mass is 413 g/mol. The summed E-state index contributed by atoms with van der Waals surface area (Å²) in [6, 6.07) is 11.9. The zero-order valence-corrected chi connectivity index (χ0v) is 16.9. The number of hydrogen-bond donors (Lipinski definition) is 1. The molecule has 9 heteroatoms. The number of rotatable bonds is 8. The number of nitro benzene ring substituents is 1. The molecule has 0 saturated heterocycles. The number of hydrogen-bond acceptors (Lipinski definition) is 5. The first-order valence-electron chi connectivity index (χ1n) is 8.27. The van der Waals surface area contributed by atoms with E-state index in [1.807, 2.05) is 30.3 Å². The SMILES string of the molecule is Cc1cc(C)c(S(=O)(=O)N(CCCN)Cc2ccccc2)cc1[N+](=O)[O-].Cl. The fraction of sp³-hybridized carbons (Fsp3) is 0.333. The molecule has 0 aliphatic heterocycles. The molecule has 27 heavy (non-hydrogen) atoms. The lowest BCUT2D eigenvalue weighted by Gasteiger charge is -2.23. The maximum atomic E-state index is 13.2. The normalized spacial score (nSPS) is 11.3. The Balaban J connectivity index is 0.00000364. The molecule has 0 heterocycles. The van der Waals surface area contributed by atoms with Gasteiger partial charge in [-0.3, -0.25) is 10.1 Å². The van der Waals surface area contributed by atoms with E-state index in [1.54, 1.807) is 13.8 Å². The second-order valence-electron chi connectivity index (χ2n) is 6.13. The van der Waals surface area contributed by atoms with E-state index in [1.165, 1.54) is 10.4 Å². The fourth-order valence-corrected chi connectivity index (χ4v) is 4.47. The van der Waals surface area contributed by atoms with Crippen LogP contribution >= 0.6 is 12.4 Å². The molecule has 2 aromatic rings. The molecule has 2 N–H and O–H groups in total. The highest BCUT2D eigenvalue weighted by atomic mass is 35.5. The fourth-order valence-electron chi connectivity index (χ4n) is 2.77. The van der Waals surface area contributed by atoms with Crippen LogP contribution in [0.25, 0.3) is 0 Å². The molecule has 0 fully saturated rings. The molecule has 0 amide bonds. The van der Waals surface area contributed by atoms with Gasteiger partial charge in [0.1, 0.15) is 0 Å². The summed E-state index contributed by atoms with van der Waals surface area (Å²) in [6.07, 6.45) is 0.499. The number of halogens is 1. The third-order valence-electron chi connectivity index (χ3n) is 4.12. The van der Waals surface area contributed by atoms with E-state index in [2.05, 4.69) is 0 Å². The van der Waals surface area contributed by atoms with Crippen molar-refractivity contribution in [1.82, 2.24) is 4.31 Å². The van der Waals surface area contributed by atoms with Crippen LogP contribution in [0.1, 0.15) is 23.1 Å². The molecule has 2 aromatic carbocycles. The highest BCUT2D eigenvalue weighted by molar-refractivity contribution is 7.89. The summed E-state index contributed by atoms with van der Waals surface area (Å²) < 4.78 is 27.8. The average Bonchev–Trinajstić information content (AvgIpc) is 2.58. The minimum atomic E-state index is -3.90. The maximum Gasteiger partial charge on any atom is 0.273 e. The van der Waals surface area contributed by atoms with Crippen molar-refractivity contribution in [2.75, 3.05) is 13.1 Å². The highest BCUT2D eigenvalue weighted by Crippen LogP contribution is 2.29. The third kappa shape index (κ3) is 5.49. The Bertz CT molecular complexity index is 889. The number of benzene rings is 2. The van der Waals surface area contributed by atoms with E-state index >= 15 is 0 Å². The third-order valence-corrected chi connectivity index (χ3v) is 6.11. The molecule has 0 atom stereocenters. The van der Waals surface area contributed by atoms with Crippen molar-refractivity contribution in [3.63, 3.8) is 0 Å². The smallest absolute Gasteiger partial charge is 0.273 e. The van der Waals surface area contributed by atoms with E-state index in [-0.39, 0.29) is 36.1 Å². The van der Waals surface area contributed by atoms with Gasteiger partial charge in [-0.2, -0.15) is 4.31 Å². The largest absolute Gasteiger partial charge is 0.330 e. The van der Waals surface area contributed by atoms with Gasteiger partial charge in [0.15, 0.2) is 0 Å². The zero-order valence-electron chi connectivity index (χ0n) is 15.3. The van der Waals surface area contributed by atoms with Gasteiger partial charge in [-0.15, -0.1) is 12.4 Å². The van der Waals surface area contributed by atoms with Gasteiger partial charge in [-0.1, -0.05) is 30.3 Å². The van der Waals surface area contributed by atoms with E-state index in [0.29, 0.717) is 24.1 Å². The van der Waals surface area contributed by atoms with Crippen molar-refractivity contribution in [2.45, 2.75) is 31.7 Å². The Labute approximate surface area is 165 Å². The van der Waals surface area contributed by atoms with Crippen LogP contribution in [0, 0.1) is 24.0 Å². The molecule has 0 radical (unpaired) electrons. The number of nitrogens with zero attached hydrogens (tertiary/aromatic N) is 2. The Kier molecular flexibility index (Phi) is 8.36. The van der Waals surface area contributed by atoms with Crippen molar-refractivity contribution in [2.24, 2.45) is 5.73 Å². The predicted octanol–water partition coefficient (Wildman–Crippen LogP) is 3.17. The van der Waals surface area contributed by atoms with E-state index < -0.39 is 14.9 Å². The van der Waals surface area contributed by atoms with Crippen LogP contribution in [0.4, 0.5) is 5.69 Å². The summed E-state index contributed by atoms with van der Waals surface area (Å²) in [5.41, 5.74) is 7.11. The van der Waals surface area contributed by atoms with Crippen molar-refractivity contribution < 1.29 is 13.3 Å². The van der Waals surface area contributed by atoms with Gasteiger partial charge < -0.3 is 5.73 Å². The molecule has 7 nitrogen and oxygen atoms in total. The van der Waals surface area contributed by atoms with E-state index in [4.69, 9.17) is 5.73 Å². The van der Waals surface area contributed by atoms with Gasteiger partial charge in [0.2, 0.25) is 10.0 Å². The zero-order chi connectivity index (χ0) is 19.3. The van der Waals surface area contributed by atoms with Crippen molar-refractivity contribution >= 4 is 28.1 Å². The molecule has 0 saturated carbocycles. The Morgan fingerprint density at radius 1 is 1.11 bits per heavy atom. The molecule has 0 aliphatic carbocycles. The summed E-state index contributed by atoms with van der Waals surface area (Å²) in [4.78, 5) is 10.6. The molecule has 0 bridgehead atoms. The van der Waals surface area contributed by atoms with Gasteiger partial charge >= 0.3 is 0 Å². The van der Waals surface area contributed by atoms with Crippen molar-refractivity contribution in [3.8, 4) is 0 Å². The Morgan fingerprint density at radius 3 is 2.30 bits per heavy atom. The van der Waals surface area contributed by atoms with Crippen LogP contribution in [-0.4, -0.2) is 30.7 Å². The first-order chi connectivity index (χ1) is 12.3. The highest BCUT2D eigenvalue weighted by Gasteiger charge is 2.28. The molecule has 2 rings (SSSR count). The van der Waals surface area contributed by atoms with Crippen LogP contribution in [0.3, 0.4) is 0 Å². The predicted molar refractivity (Wildman–Crippen MR) is 108 cm³/mol. The Morgan fingerprint density at radius 2 is 1.74 bits per heavy atom. The Hall–Kier alpha value is -2.00. The van der Waals surface area contributed by atoms with Gasteiger partial charge in [0, 0.05) is 24.7 Å². The second-order valence-corrected chi connectivity index (χ2v) is 8.03. The van der Waals surface area contributed by atoms with Gasteiger partial charge in [0.05, 0.1) is 9.82 Å². The van der Waals surface area contributed by atoms with E-state index in [9.17, 15) is 18.5 Å². The molecular formula is C18H24ClN3O4S. The summed E-state index contributed by atoms with van der Waals surface area (Å²) in [6.45, 7) is 4.03. The average molecular weight is 414 g/mol. The standard InChI is InChI=1S/C18H23N3O4S.ClH/c1-14-11-15(2)18(12-17(14)21(22)23)26(24,25)20(10-6-9-19)13-16-7-4-3-5-8-16;/h3-5,7-8,11-12H,6,9-10,13,19H2,1-2H3;1H. The number of sulfonamides is 1. The van der Waals surface area contributed by atoms with Gasteiger partial charge in [-0.05, 0) is 44.0 Å². The van der Waals surface area contributed by atoms with Crippen LogP contribution in [-0.2, 0) is 16.6 Å². The van der Waals surface area contributed by atoms with Crippen molar-refractivity contribution in [3.05, 3.63) is 69.3 Å². The van der Waals surface area contributed by atoms with E-state index in [0.717, 1.165) is 11.6 Å². The van der Waals surface area contributed by atoms with Crippen LogP contribution < -0.4 is 5.73 Å². The summed E-state index contributed by atoms with van der Waals surface area (Å²) in [5.74, 6) is 0. The summed E-state index contributed by atoms with van der Waals surface area (Å²) >= 11 is 0. The molecule has 0 aromatic heterocycles. The van der Waals surface area contributed by atoms with Gasteiger partial charge in [-0.25, -0.2) is 8.42 Å². The van der Waals surface area contributed by atoms with Crippen LogP contribution in [0.5, 0.6) is 0 Å². The number of aryl methyl sites for hydroxylation is 2. The van der Waals surface area contributed by atoms with Crippen LogP contribution in [0.15, 0.2) is 47.4 Å². The lowest BCUT2D eigenvalue weighted by atomic mass is 10.1. The number of nitrogens with two attached hydrogens (primary N) is 1. The molecule has 0 unspecified atom stereocenters. The molecule has 0 spiro atoms. The first kappa shape index (κ1) is 23.0. The molecule has 148 valence electrons. The minimum absolute atomic E-state index is 0. The number of nitro groups is 1. The molecule has 0 aliphatic rings. The lowest BCUT2D eigenvalue weighted by molar-refractivity contribution is -0.385. The first-order valence-corrected chi connectivity index (χ1v) is 9.71. The quantitative estimate of drug-likeness (QED) is 0.528. The summed E-state index contributed by atoms with van der Waals surface area (Å²) in [5, 5.41) is 11.2. The minimum Gasteiger partial charge on any atom is -0.330 e. The lowest BCUT2D eigenvalue weighted by Crippen LogP contribution is -2.33. The van der Waals surface area contributed by atoms with Crippen LogP contribution in [0.2, 0.25) is 0 Å². The van der Waals surface area contributed by atoms with Gasteiger partial charge in [0.25, 0.3) is 5.69 Å². The maximum absolute atomic E-state index is 13.2. The molecular weight excluding hydrogens is 390 g/mol. The summed E-state index contributed by atoms with van der Waals surface area (Å²) in [7, 11) is -3.90.